The summed E-state index contributed by atoms with van der Waals surface area (Å²) in [5.74, 6) is 0.370. The van der Waals surface area contributed by atoms with Crippen LogP contribution in [0.4, 0.5) is 4.79 Å². The number of phenolic OH excluding ortho intramolecular Hbond substituents is 1. The third kappa shape index (κ3) is 4.34. The average Bonchev–Trinajstić information content (AvgIpc) is 2.94. The van der Waals surface area contributed by atoms with Crippen molar-refractivity contribution in [1.82, 2.24) is 10.4 Å². The zero-order valence-electron chi connectivity index (χ0n) is 16.1. The number of rotatable bonds is 1. The van der Waals surface area contributed by atoms with Crippen LogP contribution >= 0.6 is 0 Å². The Hall–Kier alpha value is -2.01. The van der Waals surface area contributed by atoms with Gasteiger partial charge in [-0.05, 0) is 40.5 Å². The number of urea groups is 1. The number of aromatic hydroxyl groups is 1. The van der Waals surface area contributed by atoms with Gasteiger partial charge in [0.25, 0.3) is 0 Å². The maximum absolute atomic E-state index is 11.5. The van der Waals surface area contributed by atoms with Gasteiger partial charge in [-0.2, -0.15) is 0 Å². The summed E-state index contributed by atoms with van der Waals surface area (Å²) in [6.45, 7) is 13.6. The van der Waals surface area contributed by atoms with Crippen LogP contribution in [0.15, 0.2) is 17.7 Å². The fraction of sp³-hybridized carbons (Fsp3) is 0.550. The first-order valence-corrected chi connectivity index (χ1v) is 8.70. The molecule has 0 radical (unpaired) electrons. The highest BCUT2D eigenvalue weighted by Crippen LogP contribution is 2.40. The predicted octanol–water partition coefficient (Wildman–Crippen LogP) is 4.18. The number of nitrogens with one attached hydrogen (secondary N) is 1. The smallest absolute Gasteiger partial charge is 0.341 e. The van der Waals surface area contributed by atoms with Crippen LogP contribution in [0.25, 0.3) is 6.08 Å². The summed E-state index contributed by atoms with van der Waals surface area (Å²) >= 11 is 0. The van der Waals surface area contributed by atoms with E-state index in [9.17, 15) is 9.90 Å². The van der Waals surface area contributed by atoms with Gasteiger partial charge in [-0.1, -0.05) is 47.6 Å². The summed E-state index contributed by atoms with van der Waals surface area (Å²) in [5.41, 5.74) is 5.37. The molecule has 0 spiro atoms. The van der Waals surface area contributed by atoms with Crippen LogP contribution in [0.1, 0.15) is 64.7 Å². The molecule has 1 fully saturated rings. The Bertz CT molecular complexity index is 659. The topological polar surface area (TPSA) is 72.8 Å². The fourth-order valence-corrected chi connectivity index (χ4v) is 3.16. The van der Waals surface area contributed by atoms with E-state index in [-0.39, 0.29) is 10.8 Å². The first-order chi connectivity index (χ1) is 11.4. The van der Waals surface area contributed by atoms with E-state index in [0.29, 0.717) is 18.8 Å². The highest BCUT2D eigenvalue weighted by Gasteiger charge is 2.27. The van der Waals surface area contributed by atoms with E-state index in [1.54, 1.807) is 10.4 Å². The fourth-order valence-electron chi connectivity index (χ4n) is 3.16. The second-order valence-electron chi connectivity index (χ2n) is 8.86. The number of hydrogen-bond donors (Lipinski definition) is 3. The molecule has 1 aromatic carbocycles. The SMILES string of the molecule is CC(C)(C)c1cc(C=C2CCN(C(=O)NO)C2)cc(C(C)(C)C)c1O. The molecule has 1 aliphatic heterocycles. The lowest BCUT2D eigenvalue weighted by Crippen LogP contribution is -2.36. The summed E-state index contributed by atoms with van der Waals surface area (Å²) in [7, 11) is 0. The molecule has 0 aromatic heterocycles. The van der Waals surface area contributed by atoms with Crippen molar-refractivity contribution in [2.75, 3.05) is 13.1 Å². The van der Waals surface area contributed by atoms with E-state index in [1.807, 2.05) is 12.1 Å². The second-order valence-corrected chi connectivity index (χ2v) is 8.86. The van der Waals surface area contributed by atoms with Gasteiger partial charge in [-0.3, -0.25) is 5.21 Å². The van der Waals surface area contributed by atoms with Crippen molar-refractivity contribution in [3.63, 3.8) is 0 Å². The van der Waals surface area contributed by atoms with Crippen LogP contribution in [0.5, 0.6) is 5.75 Å². The number of amides is 2. The Morgan fingerprint density at radius 2 is 1.64 bits per heavy atom. The summed E-state index contributed by atoms with van der Waals surface area (Å²) in [6, 6.07) is 3.60. The van der Waals surface area contributed by atoms with Crippen LogP contribution in [0, 0.1) is 0 Å². The molecule has 1 aromatic rings. The molecule has 138 valence electrons. The molecule has 1 heterocycles. The van der Waals surface area contributed by atoms with Crippen LogP contribution in [0.3, 0.4) is 0 Å². The molecule has 1 saturated heterocycles. The lowest BCUT2D eigenvalue weighted by molar-refractivity contribution is 0.136. The number of likely N-dealkylation sites (tertiary alicyclic amines) is 1. The van der Waals surface area contributed by atoms with Crippen molar-refractivity contribution >= 4 is 12.1 Å². The van der Waals surface area contributed by atoms with Crippen LogP contribution in [-0.4, -0.2) is 34.3 Å². The van der Waals surface area contributed by atoms with Gasteiger partial charge in [-0.25, -0.2) is 10.3 Å². The van der Waals surface area contributed by atoms with Gasteiger partial charge in [-0.15, -0.1) is 0 Å². The van der Waals surface area contributed by atoms with Crippen molar-refractivity contribution in [2.24, 2.45) is 0 Å². The van der Waals surface area contributed by atoms with Crippen molar-refractivity contribution in [2.45, 2.75) is 58.8 Å². The molecule has 0 bridgehead atoms. The molecule has 0 atom stereocenters. The maximum atomic E-state index is 11.5. The highest BCUT2D eigenvalue weighted by atomic mass is 16.5. The Morgan fingerprint density at radius 1 is 1.12 bits per heavy atom. The normalized spacial score (nSPS) is 17.2. The van der Waals surface area contributed by atoms with E-state index < -0.39 is 6.03 Å². The minimum Gasteiger partial charge on any atom is -0.507 e. The molecule has 1 aliphatic rings. The summed E-state index contributed by atoms with van der Waals surface area (Å²) < 4.78 is 0. The molecule has 0 unspecified atom stereocenters. The zero-order chi connectivity index (χ0) is 19.0. The van der Waals surface area contributed by atoms with Gasteiger partial charge in [0.2, 0.25) is 0 Å². The standard InChI is InChI=1S/C20H30N2O3/c1-19(2,3)15-10-14(11-16(17(15)23)20(4,5)6)9-13-7-8-22(12-13)18(24)21-25/h9-11,23,25H,7-8,12H2,1-6H3,(H,21,24). The minimum absolute atomic E-state index is 0.170. The molecule has 0 saturated carbocycles. The van der Waals surface area contributed by atoms with Gasteiger partial charge in [0.05, 0.1) is 0 Å². The van der Waals surface area contributed by atoms with Crippen LogP contribution in [0.2, 0.25) is 0 Å². The first-order valence-electron chi connectivity index (χ1n) is 8.70. The van der Waals surface area contributed by atoms with Crippen molar-refractivity contribution in [1.29, 1.82) is 0 Å². The number of carbonyl (C=O) groups excluding carboxylic acids is 1. The molecular formula is C20H30N2O3. The molecular weight excluding hydrogens is 316 g/mol. The first kappa shape index (κ1) is 19.3. The summed E-state index contributed by atoms with van der Waals surface area (Å²) in [5, 5.41) is 19.5. The van der Waals surface area contributed by atoms with Crippen molar-refractivity contribution < 1.29 is 15.1 Å². The molecule has 3 N–H and O–H groups in total. The predicted molar refractivity (Wildman–Crippen MR) is 100.0 cm³/mol. The quantitative estimate of drug-likeness (QED) is 0.528. The lowest BCUT2D eigenvalue weighted by Gasteiger charge is -2.28. The van der Waals surface area contributed by atoms with E-state index in [4.69, 9.17) is 5.21 Å². The largest absolute Gasteiger partial charge is 0.507 e. The number of hydrogen-bond acceptors (Lipinski definition) is 3. The molecule has 0 aliphatic carbocycles. The Labute approximate surface area is 150 Å². The van der Waals surface area contributed by atoms with E-state index in [0.717, 1.165) is 28.7 Å². The monoisotopic (exact) mass is 346 g/mol. The van der Waals surface area contributed by atoms with Crippen LogP contribution in [-0.2, 0) is 10.8 Å². The molecule has 2 rings (SSSR count). The second kappa shape index (κ2) is 6.71. The van der Waals surface area contributed by atoms with Gasteiger partial charge >= 0.3 is 6.03 Å². The van der Waals surface area contributed by atoms with Crippen molar-refractivity contribution in [3.8, 4) is 5.75 Å². The average molecular weight is 346 g/mol. The summed E-state index contributed by atoms with van der Waals surface area (Å²) in [4.78, 5) is 13.1. The molecule has 5 heteroatoms. The van der Waals surface area contributed by atoms with Crippen molar-refractivity contribution in [3.05, 3.63) is 34.4 Å². The van der Waals surface area contributed by atoms with Gasteiger partial charge in [0.1, 0.15) is 5.75 Å². The maximum Gasteiger partial charge on any atom is 0.341 e. The highest BCUT2D eigenvalue weighted by molar-refractivity contribution is 5.74. The van der Waals surface area contributed by atoms with Gasteiger partial charge < -0.3 is 10.0 Å². The van der Waals surface area contributed by atoms with Gasteiger partial charge in [0.15, 0.2) is 0 Å². The molecule has 2 amide bonds. The van der Waals surface area contributed by atoms with Gasteiger partial charge in [0, 0.05) is 24.2 Å². The number of hydroxylamine groups is 1. The number of benzene rings is 1. The van der Waals surface area contributed by atoms with E-state index in [1.165, 1.54) is 0 Å². The Kier molecular flexibility index (Phi) is 5.19. The Balaban J connectivity index is 2.45. The zero-order valence-corrected chi connectivity index (χ0v) is 16.1. The molecule has 5 nitrogen and oxygen atoms in total. The number of carbonyl (C=O) groups is 1. The minimum atomic E-state index is -0.472. The summed E-state index contributed by atoms with van der Waals surface area (Å²) in [6.07, 6.45) is 2.87. The van der Waals surface area contributed by atoms with Crippen LogP contribution < -0.4 is 5.48 Å². The number of nitrogens with zero attached hydrogens (tertiary/aromatic N) is 1. The van der Waals surface area contributed by atoms with E-state index in [2.05, 4.69) is 47.6 Å². The third-order valence-electron chi connectivity index (χ3n) is 4.60. The molecule has 25 heavy (non-hydrogen) atoms. The third-order valence-corrected chi connectivity index (χ3v) is 4.60. The lowest BCUT2D eigenvalue weighted by atomic mass is 9.78. The Morgan fingerprint density at radius 3 is 2.08 bits per heavy atom. The van der Waals surface area contributed by atoms with E-state index >= 15 is 0 Å². The number of phenols is 1.